The maximum absolute atomic E-state index is 13.0. The largest absolute Gasteiger partial charge is 0.471 e. The van der Waals surface area contributed by atoms with Crippen molar-refractivity contribution >= 4 is 11.6 Å². The Labute approximate surface area is 95.4 Å². The Kier molecular flexibility index (Phi) is 3.54. The third kappa shape index (κ3) is 3.34. The molecule has 0 saturated carbocycles. The third-order valence-electron chi connectivity index (χ3n) is 1.80. The second kappa shape index (κ2) is 4.46. The Morgan fingerprint density at radius 2 is 1.61 bits per heavy atom. The number of rotatable bonds is 1. The van der Waals surface area contributed by atoms with E-state index in [1.165, 1.54) is 0 Å². The molecule has 0 radical (unpaired) electrons. The van der Waals surface area contributed by atoms with Crippen molar-refractivity contribution in [3.05, 3.63) is 29.6 Å². The summed E-state index contributed by atoms with van der Waals surface area (Å²) in [6.45, 7) is 0. The van der Waals surface area contributed by atoms with Crippen molar-refractivity contribution in [3.63, 3.8) is 0 Å². The van der Waals surface area contributed by atoms with Crippen LogP contribution in [-0.4, -0.2) is 12.1 Å². The molecule has 2 nitrogen and oxygen atoms in total. The minimum atomic E-state index is -5.32. The molecule has 1 aromatic carbocycles. The number of carbonyl (C=O) groups excluding carboxylic acids is 1. The van der Waals surface area contributed by atoms with Gasteiger partial charge in [0.15, 0.2) is 0 Å². The quantitative estimate of drug-likeness (QED) is 0.782. The highest BCUT2D eigenvalue weighted by atomic mass is 19.4. The van der Waals surface area contributed by atoms with Crippen molar-refractivity contribution < 1.29 is 35.5 Å². The third-order valence-corrected chi connectivity index (χ3v) is 1.80. The molecule has 0 atom stereocenters. The van der Waals surface area contributed by atoms with Gasteiger partial charge < -0.3 is 5.32 Å². The molecule has 0 saturated heterocycles. The van der Waals surface area contributed by atoms with Gasteiger partial charge >= 0.3 is 18.3 Å². The van der Waals surface area contributed by atoms with E-state index in [2.05, 4.69) is 0 Å². The van der Waals surface area contributed by atoms with E-state index < -0.39 is 35.3 Å². The summed E-state index contributed by atoms with van der Waals surface area (Å²) in [6, 6.07) is 0.742. The fraction of sp³-hybridized carbons (Fsp3) is 0.222. The lowest BCUT2D eigenvalue weighted by Gasteiger charge is -2.11. The molecule has 0 spiro atoms. The first-order chi connectivity index (χ1) is 8.01. The van der Waals surface area contributed by atoms with Gasteiger partial charge in [-0.3, -0.25) is 4.79 Å². The molecule has 18 heavy (non-hydrogen) atoms. The van der Waals surface area contributed by atoms with Crippen molar-refractivity contribution in [3.8, 4) is 0 Å². The topological polar surface area (TPSA) is 29.1 Å². The van der Waals surface area contributed by atoms with Crippen LogP contribution in [0.1, 0.15) is 5.56 Å². The Hall–Kier alpha value is -1.80. The van der Waals surface area contributed by atoms with Crippen LogP contribution in [0.5, 0.6) is 0 Å². The van der Waals surface area contributed by atoms with Crippen LogP contribution in [-0.2, 0) is 11.0 Å². The number of amides is 1. The fourth-order valence-corrected chi connectivity index (χ4v) is 0.991. The average Bonchev–Trinajstić information content (AvgIpc) is 2.18. The van der Waals surface area contributed by atoms with Gasteiger partial charge in [-0.05, 0) is 18.2 Å². The number of halogens is 7. The first-order valence-corrected chi connectivity index (χ1v) is 4.27. The molecule has 0 heterocycles. The van der Waals surface area contributed by atoms with Crippen LogP contribution in [0.3, 0.4) is 0 Å². The molecule has 0 unspecified atom stereocenters. The molecular formula is C9H4F7NO. The van der Waals surface area contributed by atoms with Crippen molar-refractivity contribution in [1.29, 1.82) is 0 Å². The van der Waals surface area contributed by atoms with E-state index in [1.807, 2.05) is 0 Å². The van der Waals surface area contributed by atoms with E-state index >= 15 is 0 Å². The number of anilines is 1. The van der Waals surface area contributed by atoms with Gasteiger partial charge in [0.2, 0.25) is 0 Å². The summed E-state index contributed by atoms with van der Waals surface area (Å²) in [5.41, 5.74) is -2.56. The molecule has 1 rings (SSSR count). The van der Waals surface area contributed by atoms with Gasteiger partial charge in [0.25, 0.3) is 0 Å². The predicted molar refractivity (Wildman–Crippen MR) is 46.1 cm³/mol. The number of alkyl halides is 6. The van der Waals surface area contributed by atoms with Gasteiger partial charge in [-0.2, -0.15) is 26.3 Å². The van der Waals surface area contributed by atoms with Gasteiger partial charge in [0, 0.05) is 0 Å². The molecule has 0 aliphatic carbocycles. The van der Waals surface area contributed by atoms with E-state index in [-0.39, 0.29) is 6.07 Å². The standard InChI is InChI=1S/C9H4F7NO/c10-5-2-1-4(8(11,12)13)3-6(5)17-7(18)9(14,15)16/h1-3H,(H,17,18). The van der Waals surface area contributed by atoms with E-state index in [9.17, 15) is 35.5 Å². The van der Waals surface area contributed by atoms with Crippen molar-refractivity contribution in [1.82, 2.24) is 0 Å². The first kappa shape index (κ1) is 14.3. The molecule has 9 heteroatoms. The molecule has 1 aromatic rings. The highest BCUT2D eigenvalue weighted by Gasteiger charge is 2.39. The lowest BCUT2D eigenvalue weighted by molar-refractivity contribution is -0.167. The number of benzene rings is 1. The zero-order valence-electron chi connectivity index (χ0n) is 8.29. The Bertz CT molecular complexity index is 463. The van der Waals surface area contributed by atoms with Gasteiger partial charge in [0.05, 0.1) is 11.3 Å². The minimum Gasteiger partial charge on any atom is -0.316 e. The highest BCUT2D eigenvalue weighted by molar-refractivity contribution is 5.95. The van der Waals surface area contributed by atoms with Crippen molar-refractivity contribution in [2.75, 3.05) is 5.32 Å². The Morgan fingerprint density at radius 3 is 2.06 bits per heavy atom. The molecular weight excluding hydrogens is 271 g/mol. The summed E-state index contributed by atoms with van der Waals surface area (Å²) in [4.78, 5) is 10.5. The van der Waals surface area contributed by atoms with Crippen LogP contribution in [0.25, 0.3) is 0 Å². The highest BCUT2D eigenvalue weighted by Crippen LogP contribution is 2.32. The van der Waals surface area contributed by atoms with E-state index in [1.54, 1.807) is 0 Å². The van der Waals surface area contributed by atoms with Crippen molar-refractivity contribution in [2.45, 2.75) is 12.4 Å². The SMILES string of the molecule is O=C(Nc1cc(C(F)(F)F)ccc1F)C(F)(F)F. The van der Waals surface area contributed by atoms with Crippen LogP contribution in [0.4, 0.5) is 36.4 Å². The monoisotopic (exact) mass is 275 g/mol. The van der Waals surface area contributed by atoms with Crippen LogP contribution in [0, 0.1) is 5.82 Å². The van der Waals surface area contributed by atoms with E-state index in [4.69, 9.17) is 0 Å². The second-order valence-corrected chi connectivity index (χ2v) is 3.14. The smallest absolute Gasteiger partial charge is 0.316 e. The lowest BCUT2D eigenvalue weighted by Crippen LogP contribution is -2.30. The van der Waals surface area contributed by atoms with E-state index in [0.717, 1.165) is 5.32 Å². The maximum Gasteiger partial charge on any atom is 0.471 e. The number of hydrogen-bond donors (Lipinski definition) is 1. The lowest BCUT2D eigenvalue weighted by atomic mass is 10.2. The summed E-state index contributed by atoms with van der Waals surface area (Å²) < 4.78 is 85.1. The second-order valence-electron chi connectivity index (χ2n) is 3.14. The van der Waals surface area contributed by atoms with Crippen LogP contribution in [0.2, 0.25) is 0 Å². The van der Waals surface area contributed by atoms with Crippen LogP contribution in [0.15, 0.2) is 18.2 Å². The first-order valence-electron chi connectivity index (χ1n) is 4.27. The molecule has 0 aliphatic heterocycles. The van der Waals surface area contributed by atoms with Gasteiger partial charge in [-0.15, -0.1) is 0 Å². The molecule has 1 N–H and O–H groups in total. The Balaban J connectivity index is 3.06. The zero-order valence-corrected chi connectivity index (χ0v) is 8.29. The number of carbonyl (C=O) groups is 1. The summed E-state index contributed by atoms with van der Waals surface area (Å²) >= 11 is 0. The van der Waals surface area contributed by atoms with Crippen LogP contribution >= 0.6 is 0 Å². The van der Waals surface area contributed by atoms with E-state index in [0.29, 0.717) is 12.1 Å². The fourth-order valence-electron chi connectivity index (χ4n) is 0.991. The van der Waals surface area contributed by atoms with Crippen LogP contribution < -0.4 is 5.32 Å². The molecule has 0 aliphatic rings. The minimum absolute atomic E-state index is 0.0823. The summed E-state index contributed by atoms with van der Waals surface area (Å²) in [6.07, 6.45) is -10.2. The molecule has 1 amide bonds. The summed E-state index contributed by atoms with van der Waals surface area (Å²) in [5.74, 6) is -3.96. The van der Waals surface area contributed by atoms with Gasteiger partial charge in [-0.25, -0.2) is 4.39 Å². The zero-order chi connectivity index (χ0) is 14.1. The van der Waals surface area contributed by atoms with Crippen molar-refractivity contribution in [2.24, 2.45) is 0 Å². The normalized spacial score (nSPS) is 12.4. The number of nitrogens with one attached hydrogen (secondary N) is 1. The molecule has 0 bridgehead atoms. The molecule has 100 valence electrons. The maximum atomic E-state index is 13.0. The average molecular weight is 275 g/mol. The predicted octanol–water partition coefficient (Wildman–Crippen LogP) is 3.35. The Morgan fingerprint density at radius 1 is 1.06 bits per heavy atom. The molecule has 0 fully saturated rings. The van der Waals surface area contributed by atoms with Gasteiger partial charge in [0.1, 0.15) is 5.82 Å². The van der Waals surface area contributed by atoms with Gasteiger partial charge in [-0.1, -0.05) is 0 Å². The summed E-state index contributed by atoms with van der Waals surface area (Å²) in [7, 11) is 0. The molecule has 0 aromatic heterocycles. The summed E-state index contributed by atoms with van der Waals surface area (Å²) in [5, 5.41) is 1.02. The number of hydrogen-bond acceptors (Lipinski definition) is 1.